The molecule has 4 saturated carbocycles. The molecule has 3 N–H and O–H groups in total. The first-order chi connectivity index (χ1) is 13.5. The molecule has 154 valence electrons. The largest absolute Gasteiger partial charge is 0.393 e. The molecule has 2 spiro atoms. The van der Waals surface area contributed by atoms with Crippen LogP contribution in [0.25, 0.3) is 0 Å². The van der Waals surface area contributed by atoms with Crippen molar-refractivity contribution in [3.05, 3.63) is 11.6 Å². The van der Waals surface area contributed by atoms with Crippen molar-refractivity contribution in [1.29, 1.82) is 0 Å². The SMILES string of the molecule is CC(O)[C@H]1CC[C@H]2[C@@H]3CC=C4CC5(CC[C@]4(C)[C@H]3/C(=N/N)[C@H]3C[C@@]312)OCCO5. The van der Waals surface area contributed by atoms with Crippen LogP contribution in [-0.2, 0) is 9.47 Å². The highest BCUT2D eigenvalue weighted by atomic mass is 16.7. The second-order valence-corrected chi connectivity index (χ2v) is 10.8. The van der Waals surface area contributed by atoms with Gasteiger partial charge in [0.25, 0.3) is 0 Å². The molecule has 28 heavy (non-hydrogen) atoms. The average molecular weight is 387 g/mol. The minimum atomic E-state index is -0.374. The van der Waals surface area contributed by atoms with Crippen LogP contribution >= 0.6 is 0 Å². The van der Waals surface area contributed by atoms with Gasteiger partial charge in [0.2, 0.25) is 0 Å². The number of aliphatic hydroxyl groups excluding tert-OH is 1. The van der Waals surface area contributed by atoms with Crippen LogP contribution in [0, 0.1) is 40.4 Å². The van der Waals surface area contributed by atoms with Gasteiger partial charge in [0.15, 0.2) is 5.79 Å². The van der Waals surface area contributed by atoms with Crippen molar-refractivity contribution in [3.63, 3.8) is 0 Å². The van der Waals surface area contributed by atoms with Crippen LogP contribution in [0.1, 0.15) is 58.8 Å². The molecule has 0 amide bonds. The second kappa shape index (κ2) is 5.61. The Morgan fingerprint density at radius 2 is 2.04 bits per heavy atom. The van der Waals surface area contributed by atoms with Crippen molar-refractivity contribution in [2.24, 2.45) is 51.4 Å². The first-order valence-electron chi connectivity index (χ1n) is 11.4. The van der Waals surface area contributed by atoms with Gasteiger partial charge >= 0.3 is 0 Å². The van der Waals surface area contributed by atoms with E-state index in [0.717, 1.165) is 51.2 Å². The minimum Gasteiger partial charge on any atom is -0.393 e. The predicted octanol–water partition coefficient (Wildman–Crippen LogP) is 3.22. The monoisotopic (exact) mass is 386 g/mol. The summed E-state index contributed by atoms with van der Waals surface area (Å²) in [5, 5.41) is 15.0. The summed E-state index contributed by atoms with van der Waals surface area (Å²) in [5.41, 5.74) is 3.19. The van der Waals surface area contributed by atoms with Gasteiger partial charge in [0.1, 0.15) is 0 Å². The molecule has 1 aliphatic heterocycles. The Labute approximate surface area is 167 Å². The molecule has 1 unspecified atom stereocenters. The van der Waals surface area contributed by atoms with Gasteiger partial charge < -0.3 is 20.4 Å². The van der Waals surface area contributed by atoms with E-state index < -0.39 is 0 Å². The van der Waals surface area contributed by atoms with Crippen molar-refractivity contribution in [2.75, 3.05) is 13.2 Å². The fourth-order valence-electron chi connectivity index (χ4n) is 8.78. The number of fused-ring (bicyclic) bond motifs is 4. The molecule has 8 atom stereocenters. The molecule has 5 heteroatoms. The molecule has 0 aromatic rings. The Kier molecular flexibility index (Phi) is 3.59. The lowest BCUT2D eigenvalue weighted by Crippen LogP contribution is -2.54. The van der Waals surface area contributed by atoms with Crippen LogP contribution in [0.3, 0.4) is 0 Å². The van der Waals surface area contributed by atoms with Crippen LogP contribution < -0.4 is 5.84 Å². The Bertz CT molecular complexity index is 755. The molecule has 0 radical (unpaired) electrons. The van der Waals surface area contributed by atoms with Gasteiger partial charge in [-0.15, -0.1) is 0 Å². The maximum absolute atomic E-state index is 10.5. The van der Waals surface area contributed by atoms with Crippen molar-refractivity contribution < 1.29 is 14.6 Å². The van der Waals surface area contributed by atoms with E-state index in [1.54, 1.807) is 0 Å². The lowest BCUT2D eigenvalue weighted by Gasteiger charge is -2.56. The van der Waals surface area contributed by atoms with Crippen LogP contribution in [0.15, 0.2) is 16.8 Å². The number of ether oxygens (including phenoxy) is 2. The van der Waals surface area contributed by atoms with E-state index in [2.05, 4.69) is 18.1 Å². The van der Waals surface area contributed by atoms with Gasteiger partial charge in [-0.25, -0.2) is 0 Å². The third-order valence-electron chi connectivity index (χ3n) is 9.92. The molecular formula is C23H34N2O3. The molecule has 1 saturated heterocycles. The van der Waals surface area contributed by atoms with Crippen LogP contribution in [0.5, 0.6) is 0 Å². The van der Waals surface area contributed by atoms with Gasteiger partial charge in [-0.1, -0.05) is 18.6 Å². The van der Waals surface area contributed by atoms with E-state index in [0.29, 0.717) is 23.7 Å². The van der Waals surface area contributed by atoms with Crippen molar-refractivity contribution >= 4 is 5.71 Å². The number of allylic oxidation sites excluding steroid dienone is 1. The number of hydrogen-bond donors (Lipinski definition) is 2. The first-order valence-corrected chi connectivity index (χ1v) is 11.4. The van der Waals surface area contributed by atoms with Crippen LogP contribution in [-0.4, -0.2) is 35.9 Å². The van der Waals surface area contributed by atoms with Gasteiger partial charge in [0, 0.05) is 30.4 Å². The molecule has 6 rings (SSSR count). The highest BCUT2D eigenvalue weighted by molar-refractivity contribution is 5.95. The van der Waals surface area contributed by atoms with Gasteiger partial charge in [-0.2, -0.15) is 5.10 Å². The fraction of sp³-hybridized carbons (Fsp3) is 0.870. The molecule has 5 nitrogen and oxygen atoms in total. The highest BCUT2D eigenvalue weighted by Gasteiger charge is 2.75. The predicted molar refractivity (Wildman–Crippen MR) is 106 cm³/mol. The maximum atomic E-state index is 10.5. The van der Waals surface area contributed by atoms with Crippen molar-refractivity contribution in [3.8, 4) is 0 Å². The van der Waals surface area contributed by atoms with Crippen molar-refractivity contribution in [2.45, 2.75) is 70.7 Å². The Morgan fingerprint density at radius 1 is 1.25 bits per heavy atom. The van der Waals surface area contributed by atoms with E-state index in [1.807, 2.05) is 6.92 Å². The average Bonchev–Trinajstić information content (AvgIpc) is 3.05. The molecule has 5 aliphatic carbocycles. The number of aliphatic hydroxyl groups is 1. The zero-order chi connectivity index (χ0) is 19.3. The number of nitrogens with zero attached hydrogens (tertiary/aromatic N) is 1. The zero-order valence-electron chi connectivity index (χ0n) is 17.2. The Morgan fingerprint density at radius 3 is 2.75 bits per heavy atom. The normalized spacial score (nSPS) is 53.2. The topological polar surface area (TPSA) is 77.1 Å². The number of hydrazone groups is 1. The van der Waals surface area contributed by atoms with E-state index in [1.165, 1.54) is 24.1 Å². The summed E-state index contributed by atoms with van der Waals surface area (Å²) in [7, 11) is 0. The van der Waals surface area contributed by atoms with Crippen LogP contribution in [0.2, 0.25) is 0 Å². The molecule has 5 fully saturated rings. The molecule has 6 aliphatic rings. The standard InChI is InChI=1S/C23H34N2O3/c1-13(26)16-5-6-17-15-4-3-14-11-22(27-9-10-28-22)8-7-21(14,2)19(15)20(25-24)18-12-23(16,17)18/h3,13,15-19,26H,4-12,24H2,1-2H3/b25-20+/t13?,15-,16+,17-,18+,19+,21-,23+/m0/s1. The van der Waals surface area contributed by atoms with Crippen molar-refractivity contribution in [1.82, 2.24) is 0 Å². The van der Waals surface area contributed by atoms with Gasteiger partial charge in [0.05, 0.1) is 19.3 Å². The summed E-state index contributed by atoms with van der Waals surface area (Å²) in [6, 6.07) is 0. The molecule has 0 bridgehead atoms. The second-order valence-electron chi connectivity index (χ2n) is 10.8. The number of nitrogens with two attached hydrogens (primary N) is 1. The molecule has 0 aromatic heterocycles. The Hall–Kier alpha value is -0.910. The maximum Gasteiger partial charge on any atom is 0.172 e. The summed E-state index contributed by atoms with van der Waals surface area (Å²) in [6.45, 7) is 5.89. The summed E-state index contributed by atoms with van der Waals surface area (Å²) >= 11 is 0. The van der Waals surface area contributed by atoms with E-state index >= 15 is 0 Å². The van der Waals surface area contributed by atoms with Gasteiger partial charge in [-0.3, -0.25) is 0 Å². The molecule has 1 heterocycles. The van der Waals surface area contributed by atoms with E-state index in [4.69, 9.17) is 15.3 Å². The van der Waals surface area contributed by atoms with E-state index in [9.17, 15) is 5.11 Å². The lowest BCUT2D eigenvalue weighted by atomic mass is 9.49. The first kappa shape index (κ1) is 17.9. The molecular weight excluding hydrogens is 352 g/mol. The summed E-state index contributed by atoms with van der Waals surface area (Å²) in [4.78, 5) is 0. The number of hydrogen-bond acceptors (Lipinski definition) is 5. The quantitative estimate of drug-likeness (QED) is 0.412. The zero-order valence-corrected chi connectivity index (χ0v) is 17.2. The minimum absolute atomic E-state index is 0.124. The Balaban J connectivity index is 1.39. The summed E-state index contributed by atoms with van der Waals surface area (Å²) < 4.78 is 12.1. The third-order valence-corrected chi connectivity index (χ3v) is 9.92. The lowest BCUT2D eigenvalue weighted by molar-refractivity contribution is -0.181. The fourth-order valence-corrected chi connectivity index (χ4v) is 8.78. The van der Waals surface area contributed by atoms with E-state index in [-0.39, 0.29) is 22.7 Å². The highest BCUT2D eigenvalue weighted by Crippen LogP contribution is 2.77. The third kappa shape index (κ3) is 2.01. The van der Waals surface area contributed by atoms with Gasteiger partial charge in [-0.05, 0) is 67.6 Å². The molecule has 0 aromatic carbocycles. The smallest absolute Gasteiger partial charge is 0.172 e. The number of rotatable bonds is 1. The summed E-state index contributed by atoms with van der Waals surface area (Å²) in [5.74, 6) is 8.42. The summed E-state index contributed by atoms with van der Waals surface area (Å²) in [6.07, 6.45) is 10.0. The van der Waals surface area contributed by atoms with Crippen LogP contribution in [0.4, 0.5) is 0 Å².